The molecule has 0 aromatic carbocycles. The molecule has 1 heterocycles. The molecule has 0 radical (unpaired) electrons. The first kappa shape index (κ1) is 7.23. The summed E-state index contributed by atoms with van der Waals surface area (Å²) in [7, 11) is -1.48. The smallest absolute Gasteiger partial charge is 0.297 e. The summed E-state index contributed by atoms with van der Waals surface area (Å²) in [5.74, 6) is 0. The van der Waals surface area contributed by atoms with Gasteiger partial charge in [-0.2, -0.15) is 8.42 Å². The van der Waals surface area contributed by atoms with Crippen molar-refractivity contribution < 1.29 is 8.42 Å². The van der Waals surface area contributed by atoms with Gasteiger partial charge < -0.3 is 4.51 Å². The van der Waals surface area contributed by atoms with Gasteiger partial charge >= 0.3 is 0 Å². The monoisotopic (exact) mass is 203 g/mol. The molecule has 0 aliphatic rings. The highest BCUT2D eigenvalue weighted by Crippen LogP contribution is 2.08. The number of nitrogens with one attached hydrogen (secondary N) is 2. The van der Waals surface area contributed by atoms with Crippen molar-refractivity contribution in [3.8, 4) is 0 Å². The van der Waals surface area contributed by atoms with Gasteiger partial charge in [0.15, 0.2) is 6.63 Å². The molecule has 0 amide bonds. The molecule has 0 aliphatic heterocycles. The minimum Gasteiger partial charge on any atom is -0.302 e. The zero-order valence-corrected chi connectivity index (χ0v) is 7.83. The molecule has 1 aromatic heterocycles. The van der Waals surface area contributed by atoms with Crippen LogP contribution in [0.2, 0.25) is 0 Å². The van der Waals surface area contributed by atoms with E-state index in [4.69, 9.17) is 0 Å². The van der Waals surface area contributed by atoms with Gasteiger partial charge in [-0.3, -0.25) is 4.51 Å². The van der Waals surface area contributed by atoms with Crippen LogP contribution in [0, 0.1) is 0 Å². The molecule has 1 rings (SSSR count). The minimum atomic E-state index is -2.04. The lowest BCUT2D eigenvalue weighted by Gasteiger charge is -1.79. The van der Waals surface area contributed by atoms with E-state index in [-0.39, 0.29) is 8.51 Å². The fourth-order valence-electron chi connectivity index (χ4n) is 0.270. The second-order valence-corrected chi connectivity index (χ2v) is 7.14. The molecule has 3 atom stereocenters. The third-order valence-electron chi connectivity index (χ3n) is 0.552. The highest BCUT2D eigenvalue weighted by molar-refractivity contribution is 8.07. The Labute approximate surface area is 56.1 Å². The van der Waals surface area contributed by atoms with Crippen molar-refractivity contribution in [2.24, 2.45) is 0 Å². The molecule has 9 heavy (non-hydrogen) atoms. The van der Waals surface area contributed by atoms with E-state index in [1.54, 1.807) is 0 Å². The van der Waals surface area contributed by atoms with Gasteiger partial charge in [-0.15, -0.1) is 0 Å². The topological polar surface area (TPSA) is 79.8 Å². The van der Waals surface area contributed by atoms with Crippen LogP contribution in [0.15, 0.2) is 0 Å². The molecule has 0 saturated carbocycles. The van der Waals surface area contributed by atoms with Gasteiger partial charge in [-0.25, -0.2) is 4.51 Å². The number of nitrogens with zero attached hydrogens (tertiary/aromatic N) is 1. The van der Waals surface area contributed by atoms with Crippen LogP contribution in [0.25, 0.3) is 0 Å². The lowest BCUT2D eigenvalue weighted by Crippen LogP contribution is -1.60. The van der Waals surface area contributed by atoms with Gasteiger partial charge in [0.2, 0.25) is 0 Å². The Kier molecular flexibility index (Phi) is 2.67. The number of H-pyrrole nitrogens is 2. The average molecular weight is 203 g/mol. The summed E-state index contributed by atoms with van der Waals surface area (Å²) in [4.78, 5) is 0. The first-order chi connectivity index (χ1) is 4.30. The average Bonchev–Trinajstić information content (AvgIpc) is 1.90. The first-order valence-corrected chi connectivity index (χ1v) is 6.83. The van der Waals surface area contributed by atoms with Crippen LogP contribution in [0.3, 0.4) is 0 Å². The standard InChI is InChI=1S/H4N3O2P3S/c4-9(5)8-2-6-1-7-3-8/h1,6-7H,(H,2,3). The van der Waals surface area contributed by atoms with E-state index in [1.807, 2.05) is 0 Å². The van der Waals surface area contributed by atoms with Crippen LogP contribution < -0.4 is 4.51 Å². The van der Waals surface area contributed by atoms with E-state index in [1.165, 1.54) is 0 Å². The van der Waals surface area contributed by atoms with E-state index >= 15 is 0 Å². The van der Waals surface area contributed by atoms with Crippen LogP contribution in [-0.2, 0) is 9.88 Å². The summed E-state index contributed by atoms with van der Waals surface area (Å²) in [5, 5.41) is 0. The van der Waals surface area contributed by atoms with Crippen LogP contribution in [-0.4, -0.2) is 17.4 Å². The van der Waals surface area contributed by atoms with Crippen molar-refractivity contribution in [1.29, 1.82) is 0 Å². The van der Waals surface area contributed by atoms with Gasteiger partial charge in [0.05, 0.1) is 0 Å². The third-order valence-corrected chi connectivity index (χ3v) is 6.52. The van der Waals surface area contributed by atoms with Crippen LogP contribution in [0.4, 0.5) is 0 Å². The number of aromatic amines is 2. The fourth-order valence-corrected chi connectivity index (χ4v) is 5.88. The third kappa shape index (κ3) is 2.07. The number of rotatable bonds is 0. The zero-order valence-electron chi connectivity index (χ0n) is 4.12. The van der Waals surface area contributed by atoms with Gasteiger partial charge in [-0.05, 0) is 0 Å². The maximum absolute atomic E-state index is 10.2. The van der Waals surface area contributed by atoms with Crippen molar-refractivity contribution in [3.05, 3.63) is 0 Å². The molecule has 5 nitrogen and oxygen atoms in total. The van der Waals surface area contributed by atoms with Crippen LogP contribution >= 0.6 is 23.6 Å². The molecular weight excluding hydrogens is 199 g/mol. The van der Waals surface area contributed by atoms with Gasteiger partial charge in [0.25, 0.3) is 9.88 Å². The molecule has 0 saturated heterocycles. The summed E-state index contributed by atoms with van der Waals surface area (Å²) >= 11 is 0. The molecule has 9 heteroatoms. The second-order valence-electron chi connectivity index (χ2n) is 1.06. The maximum Gasteiger partial charge on any atom is 0.297 e. The van der Waals surface area contributed by atoms with Gasteiger partial charge in [-0.1, -0.05) is 0 Å². The number of hydrogen-bond donors (Lipinski definition) is 2. The first-order valence-electron chi connectivity index (χ1n) is 1.91. The van der Waals surface area contributed by atoms with E-state index in [2.05, 4.69) is 13.5 Å². The van der Waals surface area contributed by atoms with E-state index in [0.717, 1.165) is 0 Å². The largest absolute Gasteiger partial charge is 0.302 e. The van der Waals surface area contributed by atoms with Gasteiger partial charge in [0, 0.05) is 17.0 Å². The van der Waals surface area contributed by atoms with Crippen molar-refractivity contribution in [2.45, 2.75) is 0 Å². The highest BCUT2D eigenvalue weighted by atomic mass is 32.5. The van der Waals surface area contributed by atoms with E-state index < -0.39 is 16.5 Å². The van der Waals surface area contributed by atoms with Crippen molar-refractivity contribution in [2.75, 3.05) is 0 Å². The molecule has 0 spiro atoms. The lowest BCUT2D eigenvalue weighted by atomic mass is 13.9. The quantitative estimate of drug-likeness (QED) is 0.650. The molecule has 2 N–H and O–H groups in total. The van der Waals surface area contributed by atoms with Crippen LogP contribution in [0.1, 0.15) is 0 Å². The number of aromatic nitrogens is 3. The van der Waals surface area contributed by atoms with E-state index in [0.29, 0.717) is 8.51 Å². The molecule has 0 aliphatic carbocycles. The minimum absolute atomic E-state index is 0.235. The predicted molar refractivity (Wildman–Crippen MR) is 40.9 cm³/mol. The SMILES string of the molecule is O=S(=O)=[p+]1[n-][pH][nH][pH][nH]1. The van der Waals surface area contributed by atoms with Crippen molar-refractivity contribution >= 4 is 33.5 Å². The lowest BCUT2D eigenvalue weighted by molar-refractivity contribution is 0.628. The molecular formula is H4N3O2P3S. The maximum atomic E-state index is 10.2. The summed E-state index contributed by atoms with van der Waals surface area (Å²) in [5.41, 5.74) is 0. The Morgan fingerprint density at radius 2 is 2.33 bits per heavy atom. The Morgan fingerprint density at radius 3 is 2.67 bits per heavy atom. The Hall–Kier alpha value is 0.120. The Morgan fingerprint density at radius 1 is 1.56 bits per heavy atom. The number of hydrogen-bond acceptors (Lipinski definition) is 2. The summed E-state index contributed by atoms with van der Waals surface area (Å²) in [6.45, 7) is -1.28. The van der Waals surface area contributed by atoms with E-state index in [9.17, 15) is 8.42 Å². The summed E-state index contributed by atoms with van der Waals surface area (Å²) < 4.78 is 29.8. The molecule has 0 bridgehead atoms. The van der Waals surface area contributed by atoms with Crippen molar-refractivity contribution in [1.82, 2.24) is 13.5 Å². The Balaban J connectivity index is 3.67. The van der Waals surface area contributed by atoms with Crippen molar-refractivity contribution in [3.63, 3.8) is 0 Å². The van der Waals surface area contributed by atoms with Crippen LogP contribution in [0.5, 0.6) is 0 Å². The zero-order chi connectivity index (χ0) is 6.69. The normalized spacial score (nSPS) is 12.7. The van der Waals surface area contributed by atoms with Gasteiger partial charge in [0.1, 0.15) is 0 Å². The molecule has 3 unspecified atom stereocenters. The summed E-state index contributed by atoms with van der Waals surface area (Å²) in [6, 6.07) is 0. The summed E-state index contributed by atoms with van der Waals surface area (Å²) in [6.07, 6.45) is 0. The second kappa shape index (κ2) is 3.33. The molecule has 52 valence electrons. The molecule has 0 fully saturated rings. The highest BCUT2D eigenvalue weighted by Gasteiger charge is 1.74. The predicted octanol–water partition coefficient (Wildman–Crippen LogP) is 0.678. The fraction of sp³-hybridized carbons (Fsp3) is 0. The molecule has 1 aromatic rings. The Bertz CT molecular complexity index is 326.